The highest BCUT2D eigenvalue weighted by Crippen LogP contribution is 2.24. The summed E-state index contributed by atoms with van der Waals surface area (Å²) in [4.78, 5) is 8.31. The van der Waals surface area contributed by atoms with E-state index in [0.717, 1.165) is 11.3 Å². The smallest absolute Gasteiger partial charge is 0.406 e. The number of para-hydroxylation sites is 1. The Balaban J connectivity index is 0.00000280. The van der Waals surface area contributed by atoms with Crippen LogP contribution in [0.5, 0.6) is 5.75 Å². The monoisotopic (exact) mass is 503 g/mol. The molecule has 10 heteroatoms. The van der Waals surface area contributed by atoms with Gasteiger partial charge in [-0.15, -0.1) is 37.1 Å². The zero-order chi connectivity index (χ0) is 19.3. The van der Waals surface area contributed by atoms with Gasteiger partial charge in [0.1, 0.15) is 5.75 Å². The van der Waals surface area contributed by atoms with Gasteiger partial charge < -0.3 is 20.4 Å². The summed E-state index contributed by atoms with van der Waals surface area (Å²) in [7, 11) is 0. The minimum absolute atomic E-state index is 0. The number of anilines is 1. The fourth-order valence-corrected chi connectivity index (χ4v) is 2.40. The van der Waals surface area contributed by atoms with Crippen LogP contribution in [0.2, 0.25) is 0 Å². The normalized spacial score (nSPS) is 11.6. The van der Waals surface area contributed by atoms with E-state index >= 15 is 0 Å². The second kappa shape index (κ2) is 9.44. The van der Waals surface area contributed by atoms with Crippen LogP contribution in [-0.4, -0.2) is 21.9 Å². The Bertz CT molecular complexity index is 912. The Labute approximate surface area is 176 Å². The van der Waals surface area contributed by atoms with E-state index in [0.29, 0.717) is 12.2 Å². The summed E-state index contributed by atoms with van der Waals surface area (Å²) in [6.45, 7) is 0.322. The third-order valence-electron chi connectivity index (χ3n) is 3.55. The maximum Gasteiger partial charge on any atom is 0.573 e. The van der Waals surface area contributed by atoms with Crippen LogP contribution in [0.25, 0.3) is 5.69 Å². The lowest BCUT2D eigenvalue weighted by molar-refractivity contribution is -0.274. The number of hydrogen-bond acceptors (Lipinski definition) is 3. The first-order valence-electron chi connectivity index (χ1n) is 7.90. The zero-order valence-corrected chi connectivity index (χ0v) is 16.8. The van der Waals surface area contributed by atoms with Crippen molar-refractivity contribution in [1.29, 1.82) is 0 Å². The molecule has 0 spiro atoms. The Morgan fingerprint density at radius 3 is 2.50 bits per heavy atom. The van der Waals surface area contributed by atoms with Gasteiger partial charge in [0, 0.05) is 18.1 Å². The Kier molecular flexibility index (Phi) is 7.26. The number of halogens is 4. The highest BCUT2D eigenvalue weighted by atomic mass is 127. The third-order valence-corrected chi connectivity index (χ3v) is 3.55. The number of nitrogens with one attached hydrogen (secondary N) is 1. The van der Waals surface area contributed by atoms with Gasteiger partial charge in [-0.25, -0.2) is 9.98 Å². The summed E-state index contributed by atoms with van der Waals surface area (Å²) in [5.41, 5.74) is 8.23. The number of hydrogen-bond donors (Lipinski definition) is 2. The van der Waals surface area contributed by atoms with Gasteiger partial charge in [0.15, 0.2) is 5.96 Å². The van der Waals surface area contributed by atoms with Gasteiger partial charge in [0.25, 0.3) is 0 Å². The van der Waals surface area contributed by atoms with Crippen LogP contribution in [0.15, 0.2) is 72.2 Å². The van der Waals surface area contributed by atoms with Crippen molar-refractivity contribution in [2.24, 2.45) is 10.7 Å². The van der Waals surface area contributed by atoms with Crippen LogP contribution in [0.4, 0.5) is 18.9 Å². The molecule has 0 aliphatic heterocycles. The number of ether oxygens (including phenoxy) is 1. The van der Waals surface area contributed by atoms with Gasteiger partial charge in [-0.1, -0.05) is 18.2 Å². The maximum atomic E-state index is 12.2. The van der Waals surface area contributed by atoms with E-state index in [4.69, 9.17) is 5.73 Å². The number of imidazole rings is 1. The molecular formula is C18H17F3IN5O. The molecule has 0 atom stereocenters. The van der Waals surface area contributed by atoms with E-state index in [9.17, 15) is 13.2 Å². The van der Waals surface area contributed by atoms with Crippen molar-refractivity contribution in [3.63, 3.8) is 0 Å². The van der Waals surface area contributed by atoms with Gasteiger partial charge in [-0.3, -0.25) is 0 Å². The molecule has 148 valence electrons. The Hall–Kier alpha value is -2.76. The van der Waals surface area contributed by atoms with Gasteiger partial charge in [-0.2, -0.15) is 0 Å². The fourth-order valence-electron chi connectivity index (χ4n) is 2.40. The molecule has 3 aromatic rings. The average Bonchev–Trinajstić information content (AvgIpc) is 3.15. The lowest BCUT2D eigenvalue weighted by Crippen LogP contribution is -2.22. The predicted molar refractivity (Wildman–Crippen MR) is 111 cm³/mol. The van der Waals surface area contributed by atoms with E-state index in [1.54, 1.807) is 12.5 Å². The lowest BCUT2D eigenvalue weighted by atomic mass is 10.2. The molecule has 3 N–H and O–H groups in total. The first-order valence-corrected chi connectivity index (χ1v) is 7.90. The van der Waals surface area contributed by atoms with Crippen LogP contribution in [0.1, 0.15) is 5.56 Å². The van der Waals surface area contributed by atoms with Crippen LogP contribution < -0.4 is 15.8 Å². The molecule has 6 nitrogen and oxygen atoms in total. The minimum Gasteiger partial charge on any atom is -0.406 e. The van der Waals surface area contributed by atoms with E-state index in [1.165, 1.54) is 24.3 Å². The topological polar surface area (TPSA) is 77.5 Å². The molecule has 0 aliphatic rings. The van der Waals surface area contributed by atoms with Gasteiger partial charge in [0.05, 0.1) is 18.6 Å². The SMILES string of the molecule is I.NC(=NCc1ccccc1-n1ccnc1)Nc1ccc(OC(F)(F)F)cc1. The summed E-state index contributed by atoms with van der Waals surface area (Å²) >= 11 is 0. The first-order chi connectivity index (χ1) is 12.9. The van der Waals surface area contributed by atoms with Crippen molar-refractivity contribution >= 4 is 35.6 Å². The van der Waals surface area contributed by atoms with E-state index in [2.05, 4.69) is 20.0 Å². The van der Waals surface area contributed by atoms with Crippen LogP contribution in [-0.2, 0) is 6.54 Å². The molecule has 28 heavy (non-hydrogen) atoms. The zero-order valence-electron chi connectivity index (χ0n) is 14.4. The minimum atomic E-state index is -4.72. The number of rotatable bonds is 5. The van der Waals surface area contributed by atoms with Crippen molar-refractivity contribution < 1.29 is 17.9 Å². The standard InChI is InChI=1S/C18H16F3N5O.HI/c19-18(20,21)27-15-7-5-14(6-8-15)25-17(22)24-11-13-3-1-2-4-16(13)26-10-9-23-12-26;/h1-10,12H,11H2,(H3,22,24,25);1H. The molecule has 0 aliphatic carbocycles. The Morgan fingerprint density at radius 1 is 1.14 bits per heavy atom. The molecule has 0 unspecified atom stereocenters. The number of nitrogens with zero attached hydrogens (tertiary/aromatic N) is 3. The van der Waals surface area contributed by atoms with Crippen molar-refractivity contribution in [1.82, 2.24) is 9.55 Å². The molecule has 0 bridgehead atoms. The fraction of sp³-hybridized carbons (Fsp3) is 0.111. The summed E-state index contributed by atoms with van der Waals surface area (Å²) < 4.78 is 42.2. The first kappa shape index (κ1) is 21.5. The highest BCUT2D eigenvalue weighted by Gasteiger charge is 2.30. The van der Waals surface area contributed by atoms with Crippen molar-refractivity contribution in [2.45, 2.75) is 12.9 Å². The molecule has 1 heterocycles. The molecule has 0 saturated carbocycles. The highest BCUT2D eigenvalue weighted by molar-refractivity contribution is 14.0. The second-order valence-corrected chi connectivity index (χ2v) is 5.50. The number of aromatic nitrogens is 2. The average molecular weight is 503 g/mol. The van der Waals surface area contributed by atoms with Crippen LogP contribution >= 0.6 is 24.0 Å². The van der Waals surface area contributed by atoms with Crippen molar-refractivity contribution in [2.75, 3.05) is 5.32 Å². The molecule has 0 amide bonds. The maximum absolute atomic E-state index is 12.2. The van der Waals surface area contributed by atoms with E-state index in [-0.39, 0.29) is 35.7 Å². The van der Waals surface area contributed by atoms with Crippen molar-refractivity contribution in [3.8, 4) is 11.4 Å². The molecule has 0 fully saturated rings. The van der Waals surface area contributed by atoms with Gasteiger partial charge in [0.2, 0.25) is 0 Å². The molecule has 2 aromatic carbocycles. The molecule has 0 saturated heterocycles. The number of alkyl halides is 3. The lowest BCUT2D eigenvalue weighted by Gasteiger charge is -2.11. The number of guanidine groups is 1. The molecule has 1 aromatic heterocycles. The molecule has 0 radical (unpaired) electrons. The van der Waals surface area contributed by atoms with Gasteiger partial charge >= 0.3 is 6.36 Å². The number of aliphatic imine (C=N–C) groups is 1. The Morgan fingerprint density at radius 2 is 1.86 bits per heavy atom. The molecular weight excluding hydrogens is 486 g/mol. The number of nitrogens with two attached hydrogens (primary N) is 1. The number of benzene rings is 2. The second-order valence-electron chi connectivity index (χ2n) is 5.50. The van der Waals surface area contributed by atoms with Crippen LogP contribution in [0.3, 0.4) is 0 Å². The van der Waals surface area contributed by atoms with Gasteiger partial charge in [-0.05, 0) is 35.9 Å². The summed E-state index contributed by atoms with van der Waals surface area (Å²) in [6.07, 6.45) is 0.476. The summed E-state index contributed by atoms with van der Waals surface area (Å²) in [6, 6.07) is 12.9. The summed E-state index contributed by atoms with van der Waals surface area (Å²) in [5, 5.41) is 2.83. The molecule has 3 rings (SSSR count). The predicted octanol–water partition coefficient (Wildman–Crippen LogP) is 4.32. The van der Waals surface area contributed by atoms with Crippen LogP contribution in [0, 0.1) is 0 Å². The largest absolute Gasteiger partial charge is 0.573 e. The van der Waals surface area contributed by atoms with E-state index in [1.807, 2.05) is 35.0 Å². The quantitative estimate of drug-likeness (QED) is 0.309. The summed E-state index contributed by atoms with van der Waals surface area (Å²) in [5.74, 6) is -0.169. The third kappa shape index (κ3) is 6.15. The van der Waals surface area contributed by atoms with E-state index < -0.39 is 6.36 Å². The van der Waals surface area contributed by atoms with Crippen molar-refractivity contribution in [3.05, 3.63) is 72.8 Å².